The van der Waals surface area contributed by atoms with Crippen LogP contribution in [0.5, 0.6) is 0 Å². The van der Waals surface area contributed by atoms with Crippen molar-refractivity contribution in [3.63, 3.8) is 0 Å². The molecule has 0 aliphatic heterocycles. The Hall–Kier alpha value is -3.27. The van der Waals surface area contributed by atoms with E-state index in [4.69, 9.17) is 0 Å². The van der Waals surface area contributed by atoms with E-state index in [9.17, 15) is 4.79 Å². The average molecular weight is 580 g/mol. The number of carbonyl (C=O) groups excluding carboxylic acids is 1. The van der Waals surface area contributed by atoms with Crippen molar-refractivity contribution in [2.75, 3.05) is 0 Å². The van der Waals surface area contributed by atoms with E-state index in [-0.39, 0.29) is 5.78 Å². The van der Waals surface area contributed by atoms with Crippen molar-refractivity contribution in [1.29, 1.82) is 0 Å². The third-order valence-electron chi connectivity index (χ3n) is 6.85. The molecule has 3 heteroatoms. The van der Waals surface area contributed by atoms with Crippen molar-refractivity contribution in [2.45, 2.75) is 5.41 Å². The Bertz CT molecular complexity index is 1500. The van der Waals surface area contributed by atoms with E-state index in [0.717, 1.165) is 42.3 Å². The standard InChI is InChI=1S/C32H20Br2O/c33-25-17-22(18-26(34)20-25)27-15-16-30-28(31(27)35)19-21-9-7-8-14-29(21)32(30,23-10-3-1-4-11-23)24-12-5-2-6-13-24/h1-20H. The molecule has 4 aromatic rings. The van der Waals surface area contributed by atoms with Gasteiger partial charge in [0.05, 0.1) is 5.41 Å². The molecule has 168 valence electrons. The normalized spacial score (nSPS) is 15.9. The minimum atomic E-state index is -0.598. The molecule has 0 aromatic heterocycles. The molecule has 0 saturated heterocycles. The predicted molar refractivity (Wildman–Crippen MR) is 150 cm³/mol. The van der Waals surface area contributed by atoms with Gasteiger partial charge >= 0.3 is 0 Å². The maximum absolute atomic E-state index is 14.1. The lowest BCUT2D eigenvalue weighted by atomic mass is 9.58. The SMILES string of the molecule is O=C1C2=Cc3ccccc3C(c3ccccc3)(c3ccccc3)C2=CC=C1c1cc(Br)cc(Br)c1. The minimum absolute atomic E-state index is 0.0400. The molecule has 0 unspecified atom stereocenters. The quantitative estimate of drug-likeness (QED) is 0.238. The van der Waals surface area contributed by atoms with Crippen LogP contribution in [-0.4, -0.2) is 5.78 Å². The Balaban J connectivity index is 1.70. The van der Waals surface area contributed by atoms with Crippen LogP contribution in [0.1, 0.15) is 27.8 Å². The van der Waals surface area contributed by atoms with E-state index >= 15 is 0 Å². The van der Waals surface area contributed by atoms with Crippen LogP contribution in [-0.2, 0) is 10.2 Å². The number of hydrogen-bond acceptors (Lipinski definition) is 1. The summed E-state index contributed by atoms with van der Waals surface area (Å²) in [6.45, 7) is 0. The topological polar surface area (TPSA) is 17.1 Å². The van der Waals surface area contributed by atoms with Gasteiger partial charge in [-0.05, 0) is 57.7 Å². The zero-order valence-corrected chi connectivity index (χ0v) is 21.9. The molecule has 0 atom stereocenters. The van der Waals surface area contributed by atoms with Crippen LogP contribution in [0.25, 0.3) is 11.6 Å². The second-order valence-electron chi connectivity index (χ2n) is 8.78. The van der Waals surface area contributed by atoms with Gasteiger partial charge in [-0.25, -0.2) is 0 Å². The third-order valence-corrected chi connectivity index (χ3v) is 7.77. The van der Waals surface area contributed by atoms with E-state index in [0.29, 0.717) is 5.57 Å². The van der Waals surface area contributed by atoms with Crippen molar-refractivity contribution >= 4 is 49.3 Å². The number of hydrogen-bond donors (Lipinski definition) is 0. The highest BCUT2D eigenvalue weighted by Crippen LogP contribution is 2.53. The first kappa shape index (κ1) is 22.2. The Morgan fingerprint density at radius 2 is 1.17 bits per heavy atom. The lowest BCUT2D eigenvalue weighted by molar-refractivity contribution is -0.110. The Kier molecular flexibility index (Phi) is 5.55. The molecule has 0 fully saturated rings. The van der Waals surface area contributed by atoms with Gasteiger partial charge in [0.25, 0.3) is 0 Å². The van der Waals surface area contributed by atoms with Gasteiger partial charge in [0.15, 0.2) is 5.78 Å². The molecule has 35 heavy (non-hydrogen) atoms. The van der Waals surface area contributed by atoms with Gasteiger partial charge in [-0.15, -0.1) is 0 Å². The second-order valence-corrected chi connectivity index (χ2v) is 10.6. The summed E-state index contributed by atoms with van der Waals surface area (Å²) in [5.74, 6) is 0.0400. The lowest BCUT2D eigenvalue weighted by Gasteiger charge is -2.43. The van der Waals surface area contributed by atoms with E-state index in [1.54, 1.807) is 0 Å². The molecule has 2 aliphatic rings. The van der Waals surface area contributed by atoms with E-state index in [1.807, 2.05) is 42.5 Å². The van der Waals surface area contributed by atoms with Crippen LogP contribution in [0.15, 0.2) is 135 Å². The van der Waals surface area contributed by atoms with E-state index in [1.165, 1.54) is 5.56 Å². The number of benzene rings is 4. The van der Waals surface area contributed by atoms with Crippen LogP contribution in [0, 0.1) is 0 Å². The number of halogens is 2. The monoisotopic (exact) mass is 578 g/mol. The summed E-state index contributed by atoms with van der Waals surface area (Å²) < 4.78 is 1.85. The van der Waals surface area contributed by atoms with Crippen molar-refractivity contribution in [2.24, 2.45) is 0 Å². The molecule has 2 aliphatic carbocycles. The molecule has 0 saturated carbocycles. The Morgan fingerprint density at radius 3 is 1.80 bits per heavy atom. The maximum Gasteiger partial charge on any atom is 0.193 e. The predicted octanol–water partition coefficient (Wildman–Crippen LogP) is 8.54. The smallest absolute Gasteiger partial charge is 0.193 e. The Morgan fingerprint density at radius 1 is 0.600 bits per heavy atom. The molecule has 0 spiro atoms. The van der Waals surface area contributed by atoms with Crippen molar-refractivity contribution in [1.82, 2.24) is 0 Å². The fourth-order valence-electron chi connectivity index (χ4n) is 5.44. The van der Waals surface area contributed by atoms with Crippen molar-refractivity contribution < 1.29 is 4.79 Å². The van der Waals surface area contributed by atoms with Gasteiger partial charge in [0.1, 0.15) is 0 Å². The fourth-order valence-corrected chi connectivity index (χ4v) is 6.73. The zero-order valence-electron chi connectivity index (χ0n) is 18.7. The maximum atomic E-state index is 14.1. The van der Waals surface area contributed by atoms with Crippen molar-refractivity contribution in [3.05, 3.63) is 163 Å². The van der Waals surface area contributed by atoms with Crippen LogP contribution in [0.2, 0.25) is 0 Å². The molecule has 0 bridgehead atoms. The van der Waals surface area contributed by atoms with Crippen LogP contribution < -0.4 is 0 Å². The number of carbonyl (C=O) groups is 1. The zero-order chi connectivity index (χ0) is 24.0. The summed E-state index contributed by atoms with van der Waals surface area (Å²) in [5.41, 5.74) is 7.27. The van der Waals surface area contributed by atoms with Gasteiger partial charge in [0, 0.05) is 20.1 Å². The highest BCUT2D eigenvalue weighted by atomic mass is 79.9. The number of ketones is 1. The largest absolute Gasteiger partial charge is 0.289 e. The number of Topliss-reactive ketones (excluding diaryl/α,β-unsaturated/α-hetero) is 1. The molecule has 0 N–H and O–H groups in total. The molecule has 0 heterocycles. The van der Waals surface area contributed by atoms with E-state index < -0.39 is 5.41 Å². The Labute approximate surface area is 221 Å². The fraction of sp³-hybridized carbons (Fsp3) is 0.0312. The molecular formula is C32H20Br2O. The van der Waals surface area contributed by atoms with Gasteiger partial charge in [-0.2, -0.15) is 0 Å². The molecule has 0 radical (unpaired) electrons. The van der Waals surface area contributed by atoms with Gasteiger partial charge in [-0.3, -0.25) is 4.79 Å². The number of rotatable bonds is 3. The first-order valence-electron chi connectivity index (χ1n) is 11.5. The van der Waals surface area contributed by atoms with Crippen molar-refractivity contribution in [3.8, 4) is 0 Å². The summed E-state index contributed by atoms with van der Waals surface area (Å²) in [6.07, 6.45) is 6.19. The first-order valence-corrected chi connectivity index (χ1v) is 13.0. The summed E-state index contributed by atoms with van der Waals surface area (Å²) in [7, 11) is 0. The summed E-state index contributed by atoms with van der Waals surface area (Å²) >= 11 is 7.14. The highest BCUT2D eigenvalue weighted by Gasteiger charge is 2.47. The second kappa shape index (κ2) is 8.75. The molecule has 1 nitrogen and oxygen atoms in total. The van der Waals surface area contributed by atoms with Crippen LogP contribution in [0.3, 0.4) is 0 Å². The van der Waals surface area contributed by atoms with Gasteiger partial charge in [0.2, 0.25) is 0 Å². The lowest BCUT2D eigenvalue weighted by Crippen LogP contribution is -2.37. The van der Waals surface area contributed by atoms with Gasteiger partial charge in [-0.1, -0.05) is 129 Å². The van der Waals surface area contributed by atoms with E-state index in [2.05, 4.69) is 111 Å². The highest BCUT2D eigenvalue weighted by molar-refractivity contribution is 9.11. The third kappa shape index (κ3) is 3.53. The summed E-state index contributed by atoms with van der Waals surface area (Å²) in [6, 6.07) is 35.5. The summed E-state index contributed by atoms with van der Waals surface area (Å²) in [5, 5.41) is 0. The van der Waals surface area contributed by atoms with Crippen LogP contribution in [0.4, 0.5) is 0 Å². The number of allylic oxidation sites excluding steroid dienone is 5. The van der Waals surface area contributed by atoms with Crippen LogP contribution >= 0.6 is 31.9 Å². The molecule has 6 rings (SSSR count). The average Bonchev–Trinajstić information content (AvgIpc) is 2.88. The summed E-state index contributed by atoms with van der Waals surface area (Å²) in [4.78, 5) is 14.1. The number of fused-ring (bicyclic) bond motifs is 2. The molecule has 0 amide bonds. The first-order chi connectivity index (χ1) is 17.1. The molecular weight excluding hydrogens is 560 g/mol. The molecule has 4 aromatic carbocycles. The van der Waals surface area contributed by atoms with Gasteiger partial charge < -0.3 is 0 Å². The minimum Gasteiger partial charge on any atom is -0.289 e.